The Morgan fingerprint density at radius 2 is 1.88 bits per heavy atom. The lowest BCUT2D eigenvalue weighted by molar-refractivity contribution is 0.804. The number of hydrogen-bond acceptors (Lipinski definition) is 2. The molecule has 0 spiro atoms. The Morgan fingerprint density at radius 3 is 2.66 bits per heavy atom. The first-order chi connectivity index (χ1) is 15.5. The van der Waals surface area contributed by atoms with Crippen molar-refractivity contribution in [2.45, 2.75) is 20.4 Å². The Labute approximate surface area is 195 Å². The van der Waals surface area contributed by atoms with E-state index in [1.54, 1.807) is 0 Å². The number of fused-ring (bicyclic) bond motifs is 2. The van der Waals surface area contributed by atoms with Gasteiger partial charge in [0, 0.05) is 33.2 Å². The molecule has 0 bridgehead atoms. The molecule has 0 aliphatic carbocycles. The van der Waals surface area contributed by atoms with Crippen LogP contribution < -0.4 is 0 Å². The maximum absolute atomic E-state index is 9.96. The fraction of sp³-hybridized carbons (Fsp3) is 0.111. The quantitative estimate of drug-likeness (QED) is 0.281. The monoisotopic (exact) mass is 480 g/mol. The van der Waals surface area contributed by atoms with E-state index in [2.05, 4.69) is 92.0 Å². The van der Waals surface area contributed by atoms with Crippen LogP contribution in [-0.4, -0.2) is 14.5 Å². The van der Waals surface area contributed by atoms with E-state index in [4.69, 9.17) is 0 Å². The first-order valence-electron chi connectivity index (χ1n) is 10.4. The topological polar surface area (TPSA) is 57.4 Å². The summed E-state index contributed by atoms with van der Waals surface area (Å²) in [5.41, 5.74) is 8.02. The van der Waals surface area contributed by atoms with Crippen LogP contribution in [0.1, 0.15) is 28.2 Å². The molecule has 5 rings (SSSR count). The van der Waals surface area contributed by atoms with E-state index < -0.39 is 0 Å². The number of nitrogens with zero attached hydrogens (tertiary/aromatic N) is 3. The highest BCUT2D eigenvalue weighted by molar-refractivity contribution is 9.10. The average Bonchev–Trinajstić information content (AvgIpc) is 3.32. The van der Waals surface area contributed by atoms with Gasteiger partial charge in [-0.15, -0.1) is 0 Å². The number of benzene rings is 3. The summed E-state index contributed by atoms with van der Waals surface area (Å²) < 4.78 is 3.38. The number of rotatable bonds is 4. The van der Waals surface area contributed by atoms with Crippen LogP contribution in [0.2, 0.25) is 0 Å². The maximum atomic E-state index is 9.96. The van der Waals surface area contributed by atoms with E-state index in [-0.39, 0.29) is 0 Å². The number of aryl methyl sites for hydroxylation is 1. The molecule has 0 radical (unpaired) electrons. The van der Waals surface area contributed by atoms with Gasteiger partial charge in [-0.05, 0) is 61.4 Å². The van der Waals surface area contributed by atoms with Crippen LogP contribution in [0.3, 0.4) is 0 Å². The number of aromatic nitrogens is 3. The summed E-state index contributed by atoms with van der Waals surface area (Å²) in [4.78, 5) is 7.97. The van der Waals surface area contributed by atoms with Crippen LogP contribution in [0.4, 0.5) is 0 Å². The van der Waals surface area contributed by atoms with Crippen molar-refractivity contribution >= 4 is 49.5 Å². The van der Waals surface area contributed by atoms with Crippen LogP contribution in [0.25, 0.3) is 33.6 Å². The smallest absolute Gasteiger partial charge is 0.149 e. The van der Waals surface area contributed by atoms with Crippen LogP contribution in [0.5, 0.6) is 0 Å². The lowest BCUT2D eigenvalue weighted by Crippen LogP contribution is -2.01. The van der Waals surface area contributed by atoms with Crippen molar-refractivity contribution in [3.8, 4) is 6.07 Å². The second-order valence-electron chi connectivity index (χ2n) is 8.00. The van der Waals surface area contributed by atoms with Crippen molar-refractivity contribution in [1.29, 1.82) is 5.26 Å². The lowest BCUT2D eigenvalue weighted by Gasteiger charge is -2.09. The molecule has 2 aromatic heterocycles. The van der Waals surface area contributed by atoms with Gasteiger partial charge in [0.1, 0.15) is 11.9 Å². The van der Waals surface area contributed by atoms with Crippen molar-refractivity contribution in [2.75, 3.05) is 0 Å². The molecule has 4 nitrogen and oxygen atoms in total. The first-order valence-corrected chi connectivity index (χ1v) is 11.2. The van der Waals surface area contributed by atoms with Crippen molar-refractivity contribution < 1.29 is 0 Å². The highest BCUT2D eigenvalue weighted by Gasteiger charge is 2.15. The Kier molecular flexibility index (Phi) is 5.16. The molecule has 0 fully saturated rings. The van der Waals surface area contributed by atoms with Gasteiger partial charge in [-0.1, -0.05) is 52.3 Å². The van der Waals surface area contributed by atoms with Crippen LogP contribution in [0.15, 0.2) is 71.2 Å². The number of nitriles is 1. The highest BCUT2D eigenvalue weighted by atomic mass is 79.9. The van der Waals surface area contributed by atoms with Gasteiger partial charge in [0.15, 0.2) is 0 Å². The van der Waals surface area contributed by atoms with Gasteiger partial charge in [-0.2, -0.15) is 5.26 Å². The predicted octanol–water partition coefficient (Wildman–Crippen LogP) is 7.01. The second-order valence-corrected chi connectivity index (χ2v) is 8.92. The molecule has 0 aliphatic heterocycles. The zero-order valence-electron chi connectivity index (χ0n) is 17.9. The number of allylic oxidation sites excluding steroid dienone is 1. The summed E-state index contributed by atoms with van der Waals surface area (Å²) >= 11 is 3.51. The zero-order chi connectivity index (χ0) is 22.2. The molecular formula is C27H21BrN4. The Balaban J connectivity index is 1.64. The average molecular weight is 481 g/mol. The first kappa shape index (κ1) is 20.3. The van der Waals surface area contributed by atoms with Gasteiger partial charge >= 0.3 is 0 Å². The number of imidazole rings is 1. The molecule has 0 saturated carbocycles. The third-order valence-corrected chi connectivity index (χ3v) is 6.36. The van der Waals surface area contributed by atoms with Crippen molar-refractivity contribution in [2.24, 2.45) is 0 Å². The molecule has 0 amide bonds. The molecule has 32 heavy (non-hydrogen) atoms. The summed E-state index contributed by atoms with van der Waals surface area (Å²) in [7, 11) is 0. The largest absolute Gasteiger partial charge is 0.340 e. The van der Waals surface area contributed by atoms with Gasteiger partial charge < -0.3 is 9.55 Å². The van der Waals surface area contributed by atoms with E-state index >= 15 is 0 Å². The third-order valence-electron chi connectivity index (χ3n) is 5.84. The van der Waals surface area contributed by atoms with E-state index in [1.807, 2.05) is 31.2 Å². The van der Waals surface area contributed by atoms with Gasteiger partial charge in [0.2, 0.25) is 0 Å². The van der Waals surface area contributed by atoms with Gasteiger partial charge in [-0.3, -0.25) is 0 Å². The normalized spacial score (nSPS) is 11.9. The summed E-state index contributed by atoms with van der Waals surface area (Å²) in [6.45, 7) is 4.92. The Bertz CT molecular complexity index is 1530. The molecule has 156 valence electrons. The standard InChI is InChI=1S/C27H21BrN4/c1-17-7-12-24-25(13-17)31-27(30-24)20(15-29)14-23-18(2)32(26-6-4-3-5-22(23)26)16-19-8-10-21(28)11-9-19/h3-14H,16H2,1-2H3,(H,30,31)/b20-14-. The summed E-state index contributed by atoms with van der Waals surface area (Å²) in [6.07, 6.45) is 1.96. The van der Waals surface area contributed by atoms with Gasteiger partial charge in [-0.25, -0.2) is 4.98 Å². The predicted molar refractivity (Wildman–Crippen MR) is 134 cm³/mol. The van der Waals surface area contributed by atoms with Crippen LogP contribution in [0, 0.1) is 25.2 Å². The molecule has 1 N–H and O–H groups in total. The molecule has 5 aromatic rings. The molecule has 0 atom stereocenters. The fourth-order valence-corrected chi connectivity index (χ4v) is 4.43. The van der Waals surface area contributed by atoms with E-state index in [9.17, 15) is 5.26 Å². The van der Waals surface area contributed by atoms with Crippen molar-refractivity contribution in [1.82, 2.24) is 14.5 Å². The zero-order valence-corrected chi connectivity index (χ0v) is 19.4. The molecule has 0 saturated heterocycles. The summed E-state index contributed by atoms with van der Waals surface area (Å²) in [6, 6.07) is 25.1. The highest BCUT2D eigenvalue weighted by Crippen LogP contribution is 2.30. The van der Waals surface area contributed by atoms with Gasteiger partial charge in [0.05, 0.1) is 16.6 Å². The molecule has 5 heteroatoms. The third kappa shape index (κ3) is 3.63. The number of aromatic amines is 1. The minimum absolute atomic E-state index is 0.522. The fourth-order valence-electron chi connectivity index (χ4n) is 4.17. The Hall–Kier alpha value is -3.62. The molecule has 0 aliphatic rings. The number of halogens is 1. The minimum atomic E-state index is 0.522. The maximum Gasteiger partial charge on any atom is 0.149 e. The molecular weight excluding hydrogens is 460 g/mol. The van der Waals surface area contributed by atoms with Crippen LogP contribution in [-0.2, 0) is 6.54 Å². The van der Waals surface area contributed by atoms with E-state index in [0.717, 1.165) is 49.8 Å². The van der Waals surface area contributed by atoms with Crippen LogP contribution >= 0.6 is 15.9 Å². The molecule has 2 heterocycles. The van der Waals surface area contributed by atoms with Gasteiger partial charge in [0.25, 0.3) is 0 Å². The lowest BCUT2D eigenvalue weighted by atomic mass is 10.1. The summed E-state index contributed by atoms with van der Waals surface area (Å²) in [5.74, 6) is 0.595. The summed E-state index contributed by atoms with van der Waals surface area (Å²) in [5, 5.41) is 11.1. The second kappa shape index (κ2) is 8.14. The molecule has 3 aromatic carbocycles. The van der Waals surface area contributed by atoms with E-state index in [1.165, 1.54) is 5.56 Å². The molecule has 0 unspecified atom stereocenters. The van der Waals surface area contributed by atoms with Crippen molar-refractivity contribution in [3.63, 3.8) is 0 Å². The SMILES string of the molecule is Cc1ccc2nc(/C(C#N)=C\c3c(C)n(Cc4ccc(Br)cc4)c4ccccc34)[nH]c2c1. The minimum Gasteiger partial charge on any atom is -0.340 e. The number of para-hydroxylation sites is 1. The number of nitrogens with one attached hydrogen (secondary N) is 1. The Morgan fingerprint density at radius 1 is 1.09 bits per heavy atom. The number of hydrogen-bond donors (Lipinski definition) is 1. The number of H-pyrrole nitrogens is 1. The van der Waals surface area contributed by atoms with Crippen molar-refractivity contribution in [3.05, 3.63) is 99.4 Å². The van der Waals surface area contributed by atoms with E-state index in [0.29, 0.717) is 11.4 Å².